The van der Waals surface area contributed by atoms with Crippen LogP contribution in [0.2, 0.25) is 0 Å². The highest BCUT2D eigenvalue weighted by Crippen LogP contribution is 2.11. The predicted molar refractivity (Wildman–Crippen MR) is 41.7 cm³/mol. The van der Waals surface area contributed by atoms with E-state index in [1.54, 1.807) is 20.8 Å². The molecule has 4 nitrogen and oxygen atoms in total. The molecule has 4 heteroatoms. The first-order chi connectivity index (χ1) is 4.88. The second kappa shape index (κ2) is 3.48. The summed E-state index contributed by atoms with van der Waals surface area (Å²) < 4.78 is 0. The number of amides is 2. The van der Waals surface area contributed by atoms with Crippen LogP contribution < -0.4 is 11.1 Å². The van der Waals surface area contributed by atoms with Gasteiger partial charge in [-0.1, -0.05) is 20.8 Å². The Morgan fingerprint density at radius 2 is 1.82 bits per heavy atom. The van der Waals surface area contributed by atoms with Gasteiger partial charge < -0.3 is 5.73 Å². The molecule has 11 heavy (non-hydrogen) atoms. The summed E-state index contributed by atoms with van der Waals surface area (Å²) >= 11 is 0. The van der Waals surface area contributed by atoms with E-state index in [1.807, 2.05) is 0 Å². The van der Waals surface area contributed by atoms with Crippen molar-refractivity contribution in [3.05, 3.63) is 0 Å². The van der Waals surface area contributed by atoms with Crippen LogP contribution >= 0.6 is 0 Å². The average Bonchev–Trinajstić information content (AvgIpc) is 1.85. The van der Waals surface area contributed by atoms with Gasteiger partial charge in [-0.15, -0.1) is 0 Å². The van der Waals surface area contributed by atoms with Crippen LogP contribution in [0.15, 0.2) is 0 Å². The number of hydrogen-bond donors (Lipinski definition) is 2. The van der Waals surface area contributed by atoms with Gasteiger partial charge in [0.1, 0.15) is 0 Å². The zero-order chi connectivity index (χ0) is 9.07. The fourth-order valence-electron chi connectivity index (χ4n) is 0.365. The Morgan fingerprint density at radius 1 is 1.36 bits per heavy atom. The Bertz CT molecular complexity index is 170. The minimum absolute atomic E-state index is 0.151. The Morgan fingerprint density at radius 3 is 2.09 bits per heavy atom. The molecule has 0 atom stereocenters. The molecule has 0 aromatic heterocycles. The molecule has 0 aliphatic rings. The molecule has 0 aliphatic carbocycles. The van der Waals surface area contributed by atoms with Crippen LogP contribution in [0.25, 0.3) is 0 Å². The van der Waals surface area contributed by atoms with Gasteiger partial charge in [0.2, 0.25) is 11.8 Å². The van der Waals surface area contributed by atoms with Crippen molar-refractivity contribution in [3.8, 4) is 0 Å². The van der Waals surface area contributed by atoms with Gasteiger partial charge in [-0.2, -0.15) is 0 Å². The topological polar surface area (TPSA) is 72.2 Å². The third kappa shape index (κ3) is 3.72. The van der Waals surface area contributed by atoms with E-state index in [2.05, 4.69) is 5.32 Å². The molecule has 0 fully saturated rings. The SMILES string of the molecule is CC(C)(C)C(=O)NC(=O)CN. The minimum atomic E-state index is -0.537. The normalized spacial score (nSPS) is 10.9. The van der Waals surface area contributed by atoms with Crippen LogP contribution in [0.4, 0.5) is 0 Å². The van der Waals surface area contributed by atoms with E-state index in [1.165, 1.54) is 0 Å². The number of carbonyl (C=O) groups is 2. The van der Waals surface area contributed by atoms with Crippen molar-refractivity contribution in [2.45, 2.75) is 20.8 Å². The second-order valence-electron chi connectivity index (χ2n) is 3.33. The Kier molecular flexibility index (Phi) is 3.19. The number of nitrogens with two attached hydrogens (primary N) is 1. The molecule has 2 amide bonds. The summed E-state index contributed by atoms with van der Waals surface area (Å²) in [5, 5.41) is 2.17. The molecule has 0 aromatic rings. The number of nitrogens with one attached hydrogen (secondary N) is 1. The Hall–Kier alpha value is -0.900. The average molecular weight is 158 g/mol. The molecule has 0 bridgehead atoms. The lowest BCUT2D eigenvalue weighted by molar-refractivity contribution is -0.134. The highest BCUT2D eigenvalue weighted by atomic mass is 16.2. The highest BCUT2D eigenvalue weighted by molar-refractivity contribution is 5.98. The third-order valence-electron chi connectivity index (χ3n) is 1.12. The highest BCUT2D eigenvalue weighted by Gasteiger charge is 2.22. The summed E-state index contributed by atoms with van der Waals surface area (Å²) in [7, 11) is 0. The molecular weight excluding hydrogens is 144 g/mol. The van der Waals surface area contributed by atoms with Gasteiger partial charge in [0.05, 0.1) is 6.54 Å². The van der Waals surface area contributed by atoms with Gasteiger partial charge >= 0.3 is 0 Å². The fourth-order valence-corrected chi connectivity index (χ4v) is 0.365. The summed E-state index contributed by atoms with van der Waals surface area (Å²) in [4.78, 5) is 21.7. The summed E-state index contributed by atoms with van der Waals surface area (Å²) in [6.07, 6.45) is 0. The summed E-state index contributed by atoms with van der Waals surface area (Å²) in [6.45, 7) is 5.03. The van der Waals surface area contributed by atoms with Gasteiger partial charge in [0.25, 0.3) is 0 Å². The van der Waals surface area contributed by atoms with Gasteiger partial charge in [-0.25, -0.2) is 0 Å². The smallest absolute Gasteiger partial charge is 0.240 e. The lowest BCUT2D eigenvalue weighted by Crippen LogP contribution is -2.41. The molecule has 0 rings (SSSR count). The fraction of sp³-hybridized carbons (Fsp3) is 0.714. The van der Waals surface area contributed by atoms with Crippen molar-refractivity contribution < 1.29 is 9.59 Å². The molecule has 0 saturated carbocycles. The van der Waals surface area contributed by atoms with Crippen LogP contribution in [0.5, 0.6) is 0 Å². The molecule has 0 saturated heterocycles. The second-order valence-corrected chi connectivity index (χ2v) is 3.33. The lowest BCUT2D eigenvalue weighted by Gasteiger charge is -2.15. The Balaban J connectivity index is 3.99. The van der Waals surface area contributed by atoms with Crippen molar-refractivity contribution in [2.75, 3.05) is 6.54 Å². The van der Waals surface area contributed by atoms with Crippen molar-refractivity contribution in [1.82, 2.24) is 5.32 Å². The lowest BCUT2D eigenvalue weighted by atomic mass is 9.96. The quantitative estimate of drug-likeness (QED) is 0.547. The van der Waals surface area contributed by atoms with E-state index in [0.717, 1.165) is 0 Å². The molecule has 0 heterocycles. The molecule has 0 aromatic carbocycles. The summed E-state index contributed by atoms with van der Waals surface area (Å²) in [5.74, 6) is -0.738. The van der Waals surface area contributed by atoms with Crippen LogP contribution in [0.1, 0.15) is 20.8 Å². The van der Waals surface area contributed by atoms with E-state index in [4.69, 9.17) is 5.73 Å². The van der Waals surface area contributed by atoms with Crippen molar-refractivity contribution in [3.63, 3.8) is 0 Å². The zero-order valence-corrected chi connectivity index (χ0v) is 7.10. The van der Waals surface area contributed by atoms with Gasteiger partial charge in [-0.3, -0.25) is 14.9 Å². The van der Waals surface area contributed by atoms with Gasteiger partial charge in [0.15, 0.2) is 0 Å². The van der Waals surface area contributed by atoms with Crippen LogP contribution in [0, 0.1) is 5.41 Å². The van der Waals surface area contributed by atoms with E-state index in [-0.39, 0.29) is 12.5 Å². The number of carbonyl (C=O) groups excluding carboxylic acids is 2. The molecule has 0 unspecified atom stereocenters. The van der Waals surface area contributed by atoms with Crippen LogP contribution in [-0.2, 0) is 9.59 Å². The molecule has 0 radical (unpaired) electrons. The predicted octanol–water partition coefficient (Wildman–Crippen LogP) is -0.366. The molecule has 3 N–H and O–H groups in total. The molecular formula is C7H14N2O2. The zero-order valence-electron chi connectivity index (χ0n) is 7.10. The van der Waals surface area contributed by atoms with Gasteiger partial charge in [-0.05, 0) is 0 Å². The Labute approximate surface area is 66.1 Å². The van der Waals surface area contributed by atoms with E-state index < -0.39 is 11.3 Å². The first kappa shape index (κ1) is 10.1. The maximum Gasteiger partial charge on any atom is 0.240 e. The third-order valence-corrected chi connectivity index (χ3v) is 1.12. The van der Waals surface area contributed by atoms with E-state index in [9.17, 15) is 9.59 Å². The molecule has 0 aliphatic heterocycles. The van der Waals surface area contributed by atoms with Crippen molar-refractivity contribution >= 4 is 11.8 Å². The van der Waals surface area contributed by atoms with Crippen molar-refractivity contribution in [1.29, 1.82) is 0 Å². The monoisotopic (exact) mass is 158 g/mol. The van der Waals surface area contributed by atoms with Crippen LogP contribution in [-0.4, -0.2) is 18.4 Å². The number of rotatable bonds is 1. The number of hydrogen-bond acceptors (Lipinski definition) is 3. The van der Waals surface area contributed by atoms with E-state index in [0.29, 0.717) is 0 Å². The first-order valence-corrected chi connectivity index (χ1v) is 3.42. The van der Waals surface area contributed by atoms with Crippen molar-refractivity contribution in [2.24, 2.45) is 11.1 Å². The molecule has 0 spiro atoms. The first-order valence-electron chi connectivity index (χ1n) is 3.42. The van der Waals surface area contributed by atoms with E-state index >= 15 is 0 Å². The summed E-state index contributed by atoms with van der Waals surface area (Å²) in [5.41, 5.74) is 4.46. The largest absolute Gasteiger partial charge is 0.322 e. The molecule has 64 valence electrons. The van der Waals surface area contributed by atoms with Gasteiger partial charge in [0, 0.05) is 5.41 Å². The standard InChI is InChI=1S/C7H14N2O2/c1-7(2,3)6(11)9-5(10)4-8/h4,8H2,1-3H3,(H,9,10,11). The number of imide groups is 1. The maximum atomic E-state index is 11.0. The maximum absolute atomic E-state index is 11.0. The summed E-state index contributed by atoms with van der Waals surface area (Å²) in [6, 6.07) is 0. The minimum Gasteiger partial charge on any atom is -0.322 e. The van der Waals surface area contributed by atoms with Crippen LogP contribution in [0.3, 0.4) is 0 Å².